The van der Waals surface area contributed by atoms with Crippen molar-refractivity contribution in [3.05, 3.63) is 0 Å². The molecule has 1 heterocycles. The second-order valence-electron chi connectivity index (χ2n) is 4.11. The van der Waals surface area contributed by atoms with Crippen molar-refractivity contribution < 1.29 is 14.3 Å². The molecule has 0 unspecified atom stereocenters. The Morgan fingerprint density at radius 3 is 2.17 bits per heavy atom. The Labute approximate surface area is 71.1 Å². The maximum Gasteiger partial charge on any atom is 0.313 e. The van der Waals surface area contributed by atoms with Crippen LogP contribution < -0.4 is 0 Å². The molecule has 0 aromatic rings. The summed E-state index contributed by atoms with van der Waals surface area (Å²) in [6.07, 6.45) is 3.17. The molecule has 66 valence electrons. The van der Waals surface area contributed by atoms with E-state index in [9.17, 15) is 9.59 Å². The molecule has 1 saturated heterocycles. The van der Waals surface area contributed by atoms with Gasteiger partial charge in [0.1, 0.15) is 0 Å². The maximum absolute atomic E-state index is 10.9. The van der Waals surface area contributed by atoms with Crippen molar-refractivity contribution in [1.82, 2.24) is 0 Å². The molecule has 1 aliphatic carbocycles. The van der Waals surface area contributed by atoms with Gasteiger partial charge in [-0.25, -0.2) is 0 Å². The number of cyclic esters (lactones) is 2. The van der Waals surface area contributed by atoms with E-state index in [4.69, 9.17) is 0 Å². The molecule has 0 aromatic carbocycles. The summed E-state index contributed by atoms with van der Waals surface area (Å²) < 4.78 is 4.46. The lowest BCUT2D eigenvalue weighted by Crippen LogP contribution is -2.29. The fourth-order valence-corrected chi connectivity index (χ4v) is 1.78. The Balaban J connectivity index is 2.07. The lowest BCUT2D eigenvalue weighted by atomic mass is 9.84. The van der Waals surface area contributed by atoms with Crippen LogP contribution in [-0.4, -0.2) is 11.9 Å². The number of ether oxygens (including phenoxy) is 1. The van der Waals surface area contributed by atoms with Crippen LogP contribution in [-0.2, 0) is 14.3 Å². The van der Waals surface area contributed by atoms with E-state index in [1.807, 2.05) is 0 Å². The highest BCUT2D eigenvalue weighted by Gasteiger charge is 2.48. The lowest BCUT2D eigenvalue weighted by Gasteiger charge is -2.24. The first-order valence-corrected chi connectivity index (χ1v) is 4.34. The third-order valence-electron chi connectivity index (χ3n) is 3.08. The van der Waals surface area contributed by atoms with Gasteiger partial charge in [0, 0.05) is 12.8 Å². The molecule has 1 aliphatic heterocycles. The van der Waals surface area contributed by atoms with Crippen LogP contribution in [0.5, 0.6) is 0 Å². The lowest BCUT2D eigenvalue weighted by molar-refractivity contribution is -0.166. The van der Waals surface area contributed by atoms with Gasteiger partial charge < -0.3 is 4.74 Å². The second-order valence-corrected chi connectivity index (χ2v) is 4.11. The minimum absolute atomic E-state index is 0.242. The molecular weight excluding hydrogens is 156 g/mol. The maximum atomic E-state index is 10.9. The summed E-state index contributed by atoms with van der Waals surface area (Å²) >= 11 is 0. The predicted molar refractivity (Wildman–Crippen MR) is 41.2 cm³/mol. The Morgan fingerprint density at radius 1 is 1.25 bits per heavy atom. The van der Waals surface area contributed by atoms with E-state index in [-0.39, 0.29) is 23.3 Å². The molecule has 1 saturated carbocycles. The zero-order valence-corrected chi connectivity index (χ0v) is 7.13. The first-order chi connectivity index (χ1) is 5.60. The van der Waals surface area contributed by atoms with Gasteiger partial charge in [-0.2, -0.15) is 0 Å². The monoisotopic (exact) mass is 168 g/mol. The summed E-state index contributed by atoms with van der Waals surface area (Å²) in [6.45, 7) is 2.14. The Bertz CT molecular complexity index is 224. The molecule has 0 spiro atoms. The van der Waals surface area contributed by atoms with E-state index < -0.39 is 0 Å². The van der Waals surface area contributed by atoms with E-state index in [1.54, 1.807) is 0 Å². The number of esters is 2. The first kappa shape index (κ1) is 7.77. The summed E-state index contributed by atoms with van der Waals surface area (Å²) in [5, 5.41) is 0. The number of hydrogen-bond acceptors (Lipinski definition) is 3. The van der Waals surface area contributed by atoms with Crippen LogP contribution >= 0.6 is 0 Å². The van der Waals surface area contributed by atoms with Crippen LogP contribution in [0.25, 0.3) is 0 Å². The Kier molecular flexibility index (Phi) is 1.50. The third kappa shape index (κ3) is 1.24. The fourth-order valence-electron chi connectivity index (χ4n) is 1.78. The van der Waals surface area contributed by atoms with Crippen LogP contribution in [0.3, 0.4) is 0 Å². The summed E-state index contributed by atoms with van der Waals surface area (Å²) in [7, 11) is 0. The summed E-state index contributed by atoms with van der Waals surface area (Å²) in [5.41, 5.74) is 0.259. The standard InChI is InChI=1S/C9H12O3/c1-9(2-3-9)6-4-7(10)12-8(11)5-6/h6H,2-5H2,1H3. The SMILES string of the molecule is CC1(C2CC(=O)OC(=O)C2)CC1. The molecule has 2 fully saturated rings. The smallest absolute Gasteiger partial charge is 0.313 e. The van der Waals surface area contributed by atoms with Gasteiger partial charge in [-0.3, -0.25) is 9.59 Å². The molecule has 2 aliphatic rings. The van der Waals surface area contributed by atoms with Gasteiger partial charge in [-0.05, 0) is 24.2 Å². The first-order valence-electron chi connectivity index (χ1n) is 4.34. The highest BCUT2D eigenvalue weighted by molar-refractivity contribution is 5.88. The van der Waals surface area contributed by atoms with Gasteiger partial charge in [-0.15, -0.1) is 0 Å². The minimum atomic E-state index is -0.343. The number of rotatable bonds is 1. The molecule has 0 aromatic heterocycles. The molecule has 0 bridgehead atoms. The second kappa shape index (κ2) is 2.31. The molecule has 0 amide bonds. The summed E-state index contributed by atoms with van der Waals surface area (Å²) in [6, 6.07) is 0. The van der Waals surface area contributed by atoms with Crippen LogP contribution in [0.15, 0.2) is 0 Å². The Morgan fingerprint density at radius 2 is 1.75 bits per heavy atom. The molecule has 0 atom stereocenters. The van der Waals surface area contributed by atoms with E-state index in [2.05, 4.69) is 11.7 Å². The number of carbonyl (C=O) groups is 2. The van der Waals surface area contributed by atoms with Crippen molar-refractivity contribution in [1.29, 1.82) is 0 Å². The van der Waals surface area contributed by atoms with E-state index in [1.165, 1.54) is 0 Å². The molecule has 12 heavy (non-hydrogen) atoms. The van der Waals surface area contributed by atoms with Crippen molar-refractivity contribution in [2.75, 3.05) is 0 Å². The number of hydrogen-bond donors (Lipinski definition) is 0. The normalized spacial score (nSPS) is 28.4. The van der Waals surface area contributed by atoms with Crippen LogP contribution in [0.2, 0.25) is 0 Å². The molecular formula is C9H12O3. The fraction of sp³-hybridized carbons (Fsp3) is 0.778. The predicted octanol–water partition coefficient (Wildman–Crippen LogP) is 1.27. The van der Waals surface area contributed by atoms with Gasteiger partial charge in [-0.1, -0.05) is 6.92 Å². The zero-order chi connectivity index (χ0) is 8.77. The molecule has 3 nitrogen and oxygen atoms in total. The van der Waals surface area contributed by atoms with E-state index >= 15 is 0 Å². The van der Waals surface area contributed by atoms with Gasteiger partial charge in [0.15, 0.2) is 0 Å². The van der Waals surface area contributed by atoms with Gasteiger partial charge >= 0.3 is 11.9 Å². The molecule has 3 heteroatoms. The molecule has 0 N–H and O–H groups in total. The van der Waals surface area contributed by atoms with E-state index in [0.29, 0.717) is 12.8 Å². The van der Waals surface area contributed by atoms with Gasteiger partial charge in [0.2, 0.25) is 0 Å². The van der Waals surface area contributed by atoms with Crippen molar-refractivity contribution in [2.45, 2.75) is 32.6 Å². The third-order valence-corrected chi connectivity index (χ3v) is 3.08. The molecule has 2 rings (SSSR count). The van der Waals surface area contributed by atoms with E-state index in [0.717, 1.165) is 12.8 Å². The molecule has 0 radical (unpaired) electrons. The summed E-state index contributed by atoms with van der Waals surface area (Å²) in [5.74, 6) is -0.444. The minimum Gasteiger partial charge on any atom is -0.393 e. The van der Waals surface area contributed by atoms with Crippen molar-refractivity contribution in [3.63, 3.8) is 0 Å². The van der Waals surface area contributed by atoms with Crippen molar-refractivity contribution >= 4 is 11.9 Å². The van der Waals surface area contributed by atoms with Crippen LogP contribution in [0, 0.1) is 11.3 Å². The zero-order valence-electron chi connectivity index (χ0n) is 7.13. The van der Waals surface area contributed by atoms with Crippen molar-refractivity contribution in [2.24, 2.45) is 11.3 Å². The number of carbonyl (C=O) groups excluding carboxylic acids is 2. The quantitative estimate of drug-likeness (QED) is 0.437. The summed E-state index contributed by atoms with van der Waals surface area (Å²) in [4.78, 5) is 21.8. The Hall–Kier alpha value is -0.860. The van der Waals surface area contributed by atoms with Gasteiger partial charge in [0.25, 0.3) is 0 Å². The highest BCUT2D eigenvalue weighted by Crippen LogP contribution is 2.54. The average Bonchev–Trinajstić information content (AvgIpc) is 2.67. The highest BCUT2D eigenvalue weighted by atomic mass is 16.6. The average molecular weight is 168 g/mol. The van der Waals surface area contributed by atoms with Crippen LogP contribution in [0.4, 0.5) is 0 Å². The van der Waals surface area contributed by atoms with Crippen LogP contribution in [0.1, 0.15) is 32.6 Å². The van der Waals surface area contributed by atoms with Gasteiger partial charge in [0.05, 0.1) is 0 Å². The van der Waals surface area contributed by atoms with Crippen molar-refractivity contribution in [3.8, 4) is 0 Å². The largest absolute Gasteiger partial charge is 0.393 e. The topological polar surface area (TPSA) is 43.4 Å².